The Hall–Kier alpha value is -3.03. The zero-order valence-corrected chi connectivity index (χ0v) is 16.5. The molecule has 2 N–H and O–H groups in total. The van der Waals surface area contributed by atoms with Gasteiger partial charge in [0.2, 0.25) is 5.75 Å². The Bertz CT molecular complexity index is 785. The molecular weight excluding hydrogens is 348 g/mol. The Labute approximate surface area is 159 Å². The molecule has 0 aliphatic heterocycles. The summed E-state index contributed by atoms with van der Waals surface area (Å²) in [6.07, 6.45) is 0.940. The standard InChI is InChI=1S/C19H26N4O4/c1-7-11(2)20-17-10-14(21-12(3)22-17)19(24)23-13-8-15(25-4)18(27-6)16(9-13)26-5/h8-11H,7H2,1-6H3,(H,23,24)(H,20,21,22). The molecule has 0 radical (unpaired) electrons. The van der Waals surface area contributed by atoms with Crippen molar-refractivity contribution in [3.63, 3.8) is 0 Å². The summed E-state index contributed by atoms with van der Waals surface area (Å²) in [6, 6.07) is 5.19. The van der Waals surface area contributed by atoms with E-state index < -0.39 is 0 Å². The smallest absolute Gasteiger partial charge is 0.274 e. The van der Waals surface area contributed by atoms with Gasteiger partial charge in [0, 0.05) is 29.9 Å². The van der Waals surface area contributed by atoms with Gasteiger partial charge in [-0.3, -0.25) is 4.79 Å². The van der Waals surface area contributed by atoms with Crippen LogP contribution in [-0.2, 0) is 0 Å². The second-order valence-electron chi connectivity index (χ2n) is 6.01. The van der Waals surface area contributed by atoms with Gasteiger partial charge in [0.25, 0.3) is 5.91 Å². The molecule has 0 fully saturated rings. The van der Waals surface area contributed by atoms with Crippen LogP contribution >= 0.6 is 0 Å². The van der Waals surface area contributed by atoms with Crippen LogP contribution in [0.1, 0.15) is 36.6 Å². The lowest BCUT2D eigenvalue weighted by atomic mass is 10.2. The van der Waals surface area contributed by atoms with Crippen LogP contribution < -0.4 is 24.8 Å². The van der Waals surface area contributed by atoms with E-state index in [1.807, 2.05) is 6.92 Å². The average molecular weight is 374 g/mol. The molecule has 146 valence electrons. The summed E-state index contributed by atoms with van der Waals surface area (Å²) in [5, 5.41) is 6.06. The fourth-order valence-corrected chi connectivity index (χ4v) is 2.46. The summed E-state index contributed by atoms with van der Waals surface area (Å²) in [6.45, 7) is 5.87. The molecular formula is C19H26N4O4. The van der Waals surface area contributed by atoms with Crippen molar-refractivity contribution < 1.29 is 19.0 Å². The predicted molar refractivity (Wildman–Crippen MR) is 104 cm³/mol. The molecule has 1 unspecified atom stereocenters. The van der Waals surface area contributed by atoms with E-state index in [1.54, 1.807) is 25.1 Å². The van der Waals surface area contributed by atoms with Crippen LogP contribution in [0, 0.1) is 6.92 Å². The van der Waals surface area contributed by atoms with Gasteiger partial charge in [-0.1, -0.05) is 6.92 Å². The maximum absolute atomic E-state index is 12.7. The first-order valence-corrected chi connectivity index (χ1v) is 8.65. The summed E-state index contributed by atoms with van der Waals surface area (Å²) in [7, 11) is 4.56. The number of carbonyl (C=O) groups is 1. The monoisotopic (exact) mass is 374 g/mol. The number of nitrogens with zero attached hydrogens (tertiary/aromatic N) is 2. The van der Waals surface area contributed by atoms with E-state index in [0.717, 1.165) is 6.42 Å². The highest BCUT2D eigenvalue weighted by Crippen LogP contribution is 2.40. The molecule has 8 heteroatoms. The van der Waals surface area contributed by atoms with Gasteiger partial charge in [-0.15, -0.1) is 0 Å². The molecule has 0 spiro atoms. The first-order valence-electron chi connectivity index (χ1n) is 8.65. The molecule has 1 heterocycles. The SMILES string of the molecule is CCC(C)Nc1cc(C(=O)Nc2cc(OC)c(OC)c(OC)c2)nc(C)n1. The predicted octanol–water partition coefficient (Wildman–Crippen LogP) is 3.27. The van der Waals surface area contributed by atoms with Crippen LogP contribution in [0.15, 0.2) is 18.2 Å². The van der Waals surface area contributed by atoms with Crippen molar-refractivity contribution in [3.8, 4) is 17.2 Å². The van der Waals surface area contributed by atoms with Gasteiger partial charge in [-0.05, 0) is 20.3 Å². The zero-order valence-electron chi connectivity index (χ0n) is 16.5. The summed E-state index contributed by atoms with van der Waals surface area (Å²) in [5.74, 6) is 2.12. The van der Waals surface area contributed by atoms with E-state index in [-0.39, 0.29) is 17.6 Å². The molecule has 1 aromatic heterocycles. The van der Waals surface area contributed by atoms with Gasteiger partial charge in [-0.2, -0.15) is 0 Å². The lowest BCUT2D eigenvalue weighted by Crippen LogP contribution is -2.18. The molecule has 1 aromatic carbocycles. The number of carbonyl (C=O) groups excluding carboxylic acids is 1. The number of hydrogen-bond donors (Lipinski definition) is 2. The molecule has 0 aliphatic rings. The van der Waals surface area contributed by atoms with Crippen LogP contribution in [0.25, 0.3) is 0 Å². The highest BCUT2D eigenvalue weighted by atomic mass is 16.5. The molecule has 1 atom stereocenters. The summed E-state index contributed by atoms with van der Waals surface area (Å²) < 4.78 is 15.9. The molecule has 0 bridgehead atoms. The van der Waals surface area contributed by atoms with Gasteiger partial charge in [-0.25, -0.2) is 9.97 Å². The molecule has 0 aliphatic carbocycles. The number of nitrogens with one attached hydrogen (secondary N) is 2. The minimum atomic E-state index is -0.359. The van der Waals surface area contributed by atoms with E-state index in [1.165, 1.54) is 21.3 Å². The van der Waals surface area contributed by atoms with E-state index in [9.17, 15) is 4.79 Å². The number of anilines is 2. The van der Waals surface area contributed by atoms with E-state index in [0.29, 0.717) is 34.6 Å². The highest BCUT2D eigenvalue weighted by Gasteiger charge is 2.16. The third-order valence-corrected chi connectivity index (χ3v) is 4.00. The first-order chi connectivity index (χ1) is 12.9. The quantitative estimate of drug-likeness (QED) is 0.732. The molecule has 27 heavy (non-hydrogen) atoms. The number of rotatable bonds is 8. The third-order valence-electron chi connectivity index (χ3n) is 4.00. The Morgan fingerprint density at radius 1 is 1.07 bits per heavy atom. The van der Waals surface area contributed by atoms with Crippen molar-refractivity contribution in [1.29, 1.82) is 0 Å². The lowest BCUT2D eigenvalue weighted by molar-refractivity contribution is 0.102. The van der Waals surface area contributed by atoms with Crippen molar-refractivity contribution in [1.82, 2.24) is 9.97 Å². The van der Waals surface area contributed by atoms with Crippen molar-refractivity contribution in [2.45, 2.75) is 33.2 Å². The molecule has 1 amide bonds. The van der Waals surface area contributed by atoms with Crippen LogP contribution in [0.5, 0.6) is 17.2 Å². The number of ether oxygens (including phenoxy) is 3. The number of amides is 1. The van der Waals surface area contributed by atoms with Gasteiger partial charge in [0.05, 0.1) is 21.3 Å². The van der Waals surface area contributed by atoms with Gasteiger partial charge in [0.15, 0.2) is 11.5 Å². The van der Waals surface area contributed by atoms with E-state index in [4.69, 9.17) is 14.2 Å². The minimum Gasteiger partial charge on any atom is -0.493 e. The van der Waals surface area contributed by atoms with Crippen LogP contribution in [0.3, 0.4) is 0 Å². The first kappa shape index (κ1) is 20.3. The van der Waals surface area contributed by atoms with Crippen molar-refractivity contribution >= 4 is 17.4 Å². The number of hydrogen-bond acceptors (Lipinski definition) is 7. The molecule has 8 nitrogen and oxygen atoms in total. The normalized spacial score (nSPS) is 11.5. The maximum Gasteiger partial charge on any atom is 0.274 e. The zero-order chi connectivity index (χ0) is 20.0. The van der Waals surface area contributed by atoms with Crippen LogP contribution in [0.2, 0.25) is 0 Å². The third kappa shape index (κ3) is 4.99. The Morgan fingerprint density at radius 2 is 1.70 bits per heavy atom. The van der Waals surface area contributed by atoms with Crippen LogP contribution in [-0.4, -0.2) is 43.2 Å². The number of benzene rings is 1. The fourth-order valence-electron chi connectivity index (χ4n) is 2.46. The molecule has 2 rings (SSSR count). The highest BCUT2D eigenvalue weighted by molar-refractivity contribution is 6.03. The number of aryl methyl sites for hydroxylation is 1. The largest absolute Gasteiger partial charge is 0.493 e. The Kier molecular flexibility index (Phi) is 6.81. The number of methoxy groups -OCH3 is 3. The molecule has 0 saturated heterocycles. The van der Waals surface area contributed by atoms with E-state index >= 15 is 0 Å². The van der Waals surface area contributed by atoms with Crippen molar-refractivity contribution in [3.05, 3.63) is 29.7 Å². The molecule has 2 aromatic rings. The second kappa shape index (κ2) is 9.07. The maximum atomic E-state index is 12.7. The van der Waals surface area contributed by atoms with Gasteiger partial charge in [0.1, 0.15) is 17.3 Å². The molecule has 0 saturated carbocycles. The number of aromatic nitrogens is 2. The van der Waals surface area contributed by atoms with Gasteiger partial charge < -0.3 is 24.8 Å². The van der Waals surface area contributed by atoms with E-state index in [2.05, 4.69) is 27.5 Å². The van der Waals surface area contributed by atoms with Crippen LogP contribution in [0.4, 0.5) is 11.5 Å². The fraction of sp³-hybridized carbons (Fsp3) is 0.421. The Balaban J connectivity index is 2.29. The summed E-state index contributed by atoms with van der Waals surface area (Å²) >= 11 is 0. The average Bonchev–Trinajstić information content (AvgIpc) is 2.66. The van der Waals surface area contributed by atoms with Gasteiger partial charge >= 0.3 is 0 Å². The summed E-state index contributed by atoms with van der Waals surface area (Å²) in [5.41, 5.74) is 0.768. The lowest BCUT2D eigenvalue weighted by Gasteiger charge is -2.15. The second-order valence-corrected chi connectivity index (χ2v) is 6.01. The Morgan fingerprint density at radius 3 is 2.22 bits per heavy atom. The topological polar surface area (TPSA) is 94.6 Å². The summed E-state index contributed by atoms with van der Waals surface area (Å²) in [4.78, 5) is 21.2. The van der Waals surface area contributed by atoms with Crippen molar-refractivity contribution in [2.75, 3.05) is 32.0 Å². The van der Waals surface area contributed by atoms with Crippen molar-refractivity contribution in [2.24, 2.45) is 0 Å². The minimum absolute atomic E-state index is 0.241.